The molecule has 0 radical (unpaired) electrons. The van der Waals surface area contributed by atoms with Crippen LogP contribution in [0.1, 0.15) is 46.6 Å². The van der Waals surface area contributed by atoms with Crippen LogP contribution in [0.25, 0.3) is 0 Å². The highest BCUT2D eigenvalue weighted by Gasteiger charge is 2.27. The van der Waals surface area contributed by atoms with Crippen molar-refractivity contribution in [2.24, 2.45) is 4.99 Å². The lowest BCUT2D eigenvalue weighted by Gasteiger charge is -2.23. The van der Waals surface area contributed by atoms with E-state index in [1.807, 2.05) is 52.0 Å². The number of hydrogen-bond acceptors (Lipinski definition) is 4. The molecule has 1 aliphatic rings. The van der Waals surface area contributed by atoms with Crippen LogP contribution in [0, 0.1) is 0 Å². The minimum absolute atomic E-state index is 0. The largest absolute Gasteiger partial charge is 0.494 e. The van der Waals surface area contributed by atoms with Crippen molar-refractivity contribution in [1.29, 1.82) is 0 Å². The van der Waals surface area contributed by atoms with Crippen LogP contribution >= 0.6 is 24.0 Å². The highest BCUT2D eigenvalue weighted by molar-refractivity contribution is 14.0. The van der Waals surface area contributed by atoms with Crippen molar-refractivity contribution in [2.75, 3.05) is 26.2 Å². The van der Waals surface area contributed by atoms with Gasteiger partial charge in [-0.05, 0) is 58.7 Å². The van der Waals surface area contributed by atoms with Gasteiger partial charge in [-0.1, -0.05) is 12.1 Å². The van der Waals surface area contributed by atoms with Crippen LogP contribution in [0.4, 0.5) is 4.79 Å². The Morgan fingerprint density at radius 1 is 1.31 bits per heavy atom. The molecule has 1 unspecified atom stereocenters. The Labute approximate surface area is 191 Å². The third-order valence-electron chi connectivity index (χ3n) is 4.16. The van der Waals surface area contributed by atoms with Crippen LogP contribution < -0.4 is 15.4 Å². The molecule has 1 heterocycles. The molecule has 1 fully saturated rings. The Bertz CT molecular complexity index is 676. The molecule has 2 N–H and O–H groups in total. The Kier molecular flexibility index (Phi) is 10.6. The van der Waals surface area contributed by atoms with Crippen LogP contribution in [0.5, 0.6) is 5.75 Å². The van der Waals surface area contributed by atoms with Crippen molar-refractivity contribution >= 4 is 36.0 Å². The van der Waals surface area contributed by atoms with E-state index in [2.05, 4.69) is 22.5 Å². The average molecular weight is 518 g/mol. The topological polar surface area (TPSA) is 75.2 Å². The molecule has 29 heavy (non-hydrogen) atoms. The molecule has 164 valence electrons. The lowest BCUT2D eigenvalue weighted by molar-refractivity contribution is 0.0507. The molecule has 2 rings (SSSR count). The number of guanidine groups is 1. The maximum atomic E-state index is 12.0. The fourth-order valence-corrected chi connectivity index (χ4v) is 3.04. The molecule has 1 aliphatic heterocycles. The molecule has 8 heteroatoms. The first-order valence-corrected chi connectivity index (χ1v) is 10.0. The van der Waals surface area contributed by atoms with Crippen molar-refractivity contribution in [3.63, 3.8) is 0 Å². The first-order chi connectivity index (χ1) is 13.3. The van der Waals surface area contributed by atoms with Gasteiger partial charge in [0.25, 0.3) is 0 Å². The molecule has 0 spiro atoms. The zero-order valence-corrected chi connectivity index (χ0v) is 20.5. The van der Waals surface area contributed by atoms with Gasteiger partial charge in [-0.25, -0.2) is 9.79 Å². The van der Waals surface area contributed by atoms with Crippen LogP contribution in [-0.2, 0) is 11.3 Å². The number of hydrogen-bond donors (Lipinski definition) is 2. The van der Waals surface area contributed by atoms with Gasteiger partial charge in [-0.2, -0.15) is 0 Å². The average Bonchev–Trinajstić information content (AvgIpc) is 3.05. The van der Waals surface area contributed by atoms with Gasteiger partial charge in [0.05, 0.1) is 19.2 Å². The Hall–Kier alpha value is -1.71. The summed E-state index contributed by atoms with van der Waals surface area (Å²) in [5.41, 5.74) is 0.610. The number of nitrogens with one attached hydrogen (secondary N) is 2. The zero-order valence-electron chi connectivity index (χ0n) is 18.2. The summed E-state index contributed by atoms with van der Waals surface area (Å²) in [5.74, 6) is 1.72. The maximum Gasteiger partial charge on any atom is 0.407 e. The number of benzene rings is 1. The first kappa shape index (κ1) is 25.3. The second-order valence-corrected chi connectivity index (χ2v) is 7.83. The van der Waals surface area contributed by atoms with Gasteiger partial charge in [0.15, 0.2) is 5.96 Å². The van der Waals surface area contributed by atoms with Crippen molar-refractivity contribution in [3.8, 4) is 5.75 Å². The number of carbonyl (C=O) groups is 1. The van der Waals surface area contributed by atoms with Gasteiger partial charge in [0, 0.05) is 19.6 Å². The zero-order chi connectivity index (χ0) is 20.6. The van der Waals surface area contributed by atoms with Crippen molar-refractivity contribution in [2.45, 2.75) is 59.2 Å². The summed E-state index contributed by atoms with van der Waals surface area (Å²) in [7, 11) is 0. The van der Waals surface area contributed by atoms with E-state index in [-0.39, 0.29) is 36.1 Å². The number of rotatable bonds is 6. The summed E-state index contributed by atoms with van der Waals surface area (Å²) in [4.78, 5) is 19.0. The SMILES string of the molecule is CCNC(=NCc1cccc(OCC)c1)N1CCC(NC(=O)OC(C)(C)C)C1.I. The first-order valence-electron chi connectivity index (χ1n) is 10.0. The summed E-state index contributed by atoms with van der Waals surface area (Å²) in [6, 6.07) is 8.06. The van der Waals surface area contributed by atoms with Gasteiger partial charge in [0.2, 0.25) is 0 Å². The van der Waals surface area contributed by atoms with Gasteiger partial charge < -0.3 is 25.0 Å². The smallest absolute Gasteiger partial charge is 0.407 e. The van der Waals surface area contributed by atoms with Gasteiger partial charge in [-0.15, -0.1) is 24.0 Å². The summed E-state index contributed by atoms with van der Waals surface area (Å²) in [6.07, 6.45) is 0.498. The summed E-state index contributed by atoms with van der Waals surface area (Å²) < 4.78 is 10.9. The number of likely N-dealkylation sites (tertiary alicyclic amines) is 1. The highest BCUT2D eigenvalue weighted by Crippen LogP contribution is 2.15. The fraction of sp³-hybridized carbons (Fsp3) is 0.619. The van der Waals surface area contributed by atoms with Crippen molar-refractivity contribution in [3.05, 3.63) is 29.8 Å². The van der Waals surface area contributed by atoms with Crippen molar-refractivity contribution in [1.82, 2.24) is 15.5 Å². The second kappa shape index (κ2) is 12.1. The van der Waals surface area contributed by atoms with E-state index in [0.717, 1.165) is 36.8 Å². The number of amides is 1. The van der Waals surface area contributed by atoms with Gasteiger partial charge in [-0.3, -0.25) is 0 Å². The summed E-state index contributed by atoms with van der Waals surface area (Å²) in [6.45, 7) is 13.2. The minimum Gasteiger partial charge on any atom is -0.494 e. The predicted molar refractivity (Wildman–Crippen MR) is 127 cm³/mol. The monoisotopic (exact) mass is 518 g/mol. The van der Waals surface area contributed by atoms with E-state index in [0.29, 0.717) is 19.7 Å². The quantitative estimate of drug-likeness (QED) is 0.341. The molecule has 0 saturated carbocycles. The molecule has 7 nitrogen and oxygen atoms in total. The molecule has 1 atom stereocenters. The van der Waals surface area contributed by atoms with E-state index in [1.165, 1.54) is 0 Å². The standard InChI is InChI=1S/C21H34N4O3.HI/c1-6-22-19(23-14-16-9-8-10-18(13-16)27-7-2)25-12-11-17(15-25)24-20(26)28-21(3,4)5;/h8-10,13,17H,6-7,11-12,14-15H2,1-5H3,(H,22,23)(H,24,26);1H. The number of aliphatic imine (C=N–C) groups is 1. The van der Waals surface area contributed by atoms with E-state index >= 15 is 0 Å². The van der Waals surface area contributed by atoms with Crippen LogP contribution in [-0.4, -0.2) is 54.8 Å². The summed E-state index contributed by atoms with van der Waals surface area (Å²) in [5, 5.41) is 6.30. The van der Waals surface area contributed by atoms with Crippen molar-refractivity contribution < 1.29 is 14.3 Å². The van der Waals surface area contributed by atoms with Gasteiger partial charge in [0.1, 0.15) is 11.4 Å². The Balaban J connectivity index is 0.00000420. The third-order valence-corrected chi connectivity index (χ3v) is 4.16. The number of carbonyl (C=O) groups excluding carboxylic acids is 1. The third kappa shape index (κ3) is 9.10. The molecule has 0 aromatic heterocycles. The Morgan fingerprint density at radius 3 is 2.72 bits per heavy atom. The molecule has 1 saturated heterocycles. The van der Waals surface area contributed by atoms with E-state index in [9.17, 15) is 4.79 Å². The van der Waals surface area contributed by atoms with Crippen LogP contribution in [0.3, 0.4) is 0 Å². The number of halogens is 1. The van der Waals surface area contributed by atoms with E-state index in [1.54, 1.807) is 0 Å². The van der Waals surface area contributed by atoms with E-state index < -0.39 is 5.60 Å². The second-order valence-electron chi connectivity index (χ2n) is 7.83. The van der Waals surface area contributed by atoms with Gasteiger partial charge >= 0.3 is 6.09 Å². The lowest BCUT2D eigenvalue weighted by atomic mass is 10.2. The molecule has 0 bridgehead atoms. The maximum absolute atomic E-state index is 12.0. The van der Waals surface area contributed by atoms with Crippen LogP contribution in [0.15, 0.2) is 29.3 Å². The number of nitrogens with zero attached hydrogens (tertiary/aromatic N) is 2. The van der Waals surface area contributed by atoms with E-state index in [4.69, 9.17) is 14.5 Å². The number of alkyl carbamates (subject to hydrolysis) is 1. The molecular weight excluding hydrogens is 483 g/mol. The molecule has 1 aromatic rings. The predicted octanol–water partition coefficient (Wildman–Crippen LogP) is 3.77. The summed E-state index contributed by atoms with van der Waals surface area (Å²) >= 11 is 0. The normalized spacial score (nSPS) is 16.8. The minimum atomic E-state index is -0.491. The van der Waals surface area contributed by atoms with Crippen LogP contribution in [0.2, 0.25) is 0 Å². The lowest BCUT2D eigenvalue weighted by Crippen LogP contribution is -2.44. The molecule has 1 amide bonds. The number of ether oxygens (including phenoxy) is 2. The molecule has 1 aromatic carbocycles. The Morgan fingerprint density at radius 2 is 2.07 bits per heavy atom. The molecule has 0 aliphatic carbocycles. The fourth-order valence-electron chi connectivity index (χ4n) is 3.04. The molecular formula is C21H35IN4O3. The highest BCUT2D eigenvalue weighted by atomic mass is 127.